The maximum absolute atomic E-state index is 12.3. The Balaban J connectivity index is 1.68. The van der Waals surface area contributed by atoms with Crippen molar-refractivity contribution >= 4 is 17.4 Å². The molecule has 120 valence electrons. The van der Waals surface area contributed by atoms with Crippen molar-refractivity contribution in [3.8, 4) is 5.75 Å². The third kappa shape index (κ3) is 4.18. The second-order valence-corrected chi connectivity index (χ2v) is 5.82. The van der Waals surface area contributed by atoms with Crippen molar-refractivity contribution in [2.24, 2.45) is 0 Å². The van der Waals surface area contributed by atoms with E-state index in [4.69, 9.17) is 4.74 Å². The van der Waals surface area contributed by atoms with Crippen molar-refractivity contribution < 1.29 is 9.53 Å². The average molecular weight is 312 g/mol. The van der Waals surface area contributed by atoms with Crippen LogP contribution in [0.3, 0.4) is 0 Å². The normalized spacial score (nSPS) is 13.7. The van der Waals surface area contributed by atoms with Crippen LogP contribution >= 0.6 is 0 Å². The molecule has 0 spiro atoms. The lowest BCUT2D eigenvalue weighted by Gasteiger charge is -2.14. The molecule has 1 heterocycles. The van der Waals surface area contributed by atoms with Crippen LogP contribution in [0.4, 0.5) is 11.5 Å². The van der Waals surface area contributed by atoms with Crippen molar-refractivity contribution in [1.82, 2.24) is 9.97 Å². The standard InChI is InChI=1S/C17H20N4O2/c1-11(2)23-15-6-4-3-5-13(15)21-17(22)14-9-19-16(10-18-14)20-12-7-8-12/h3-6,9-12H,7-8H2,1-2H3,(H,19,20)(H,21,22). The average Bonchev–Trinajstić information content (AvgIpc) is 3.33. The number of hydrogen-bond acceptors (Lipinski definition) is 5. The van der Waals surface area contributed by atoms with Crippen LogP contribution < -0.4 is 15.4 Å². The lowest BCUT2D eigenvalue weighted by atomic mass is 10.2. The van der Waals surface area contributed by atoms with E-state index in [2.05, 4.69) is 20.6 Å². The van der Waals surface area contributed by atoms with E-state index in [0.29, 0.717) is 23.3 Å². The first-order valence-electron chi connectivity index (χ1n) is 7.77. The SMILES string of the molecule is CC(C)Oc1ccccc1NC(=O)c1cnc(NC2CC2)cn1. The Morgan fingerprint density at radius 1 is 1.22 bits per heavy atom. The first kappa shape index (κ1) is 15.3. The second kappa shape index (κ2) is 6.64. The molecular formula is C17H20N4O2. The highest BCUT2D eigenvalue weighted by Gasteiger charge is 2.21. The summed E-state index contributed by atoms with van der Waals surface area (Å²) in [4.78, 5) is 20.7. The van der Waals surface area contributed by atoms with E-state index in [1.807, 2.05) is 32.0 Å². The largest absolute Gasteiger partial charge is 0.489 e. The minimum atomic E-state index is -0.310. The Morgan fingerprint density at radius 2 is 2.00 bits per heavy atom. The van der Waals surface area contributed by atoms with Crippen molar-refractivity contribution in [2.45, 2.75) is 38.8 Å². The van der Waals surface area contributed by atoms with Gasteiger partial charge in [-0.3, -0.25) is 4.79 Å². The minimum absolute atomic E-state index is 0.0284. The molecule has 1 aliphatic rings. The van der Waals surface area contributed by atoms with Gasteiger partial charge in [0.25, 0.3) is 5.91 Å². The number of benzene rings is 1. The molecular weight excluding hydrogens is 292 g/mol. The number of aromatic nitrogens is 2. The van der Waals surface area contributed by atoms with Crippen molar-refractivity contribution in [3.63, 3.8) is 0 Å². The van der Waals surface area contributed by atoms with Crippen molar-refractivity contribution in [1.29, 1.82) is 0 Å². The van der Waals surface area contributed by atoms with E-state index in [1.54, 1.807) is 12.3 Å². The monoisotopic (exact) mass is 312 g/mol. The topological polar surface area (TPSA) is 76.1 Å². The molecule has 6 heteroatoms. The molecule has 0 radical (unpaired) electrons. The Kier molecular flexibility index (Phi) is 4.41. The third-order valence-corrected chi connectivity index (χ3v) is 3.31. The highest BCUT2D eigenvalue weighted by atomic mass is 16.5. The molecule has 1 amide bonds. The zero-order valence-electron chi connectivity index (χ0n) is 13.2. The van der Waals surface area contributed by atoms with E-state index < -0.39 is 0 Å². The number of rotatable bonds is 6. The molecule has 1 aromatic carbocycles. The smallest absolute Gasteiger partial charge is 0.275 e. The number of ether oxygens (including phenoxy) is 1. The van der Waals surface area contributed by atoms with Crippen LogP contribution in [0.5, 0.6) is 5.75 Å². The molecule has 0 aliphatic heterocycles. The van der Waals surface area contributed by atoms with Gasteiger partial charge >= 0.3 is 0 Å². The number of amides is 1. The Labute approximate surface area is 135 Å². The molecule has 3 rings (SSSR count). The molecule has 0 bridgehead atoms. The number of para-hydroxylation sites is 2. The molecule has 6 nitrogen and oxygen atoms in total. The Bertz CT molecular complexity index is 681. The molecule has 1 fully saturated rings. The lowest BCUT2D eigenvalue weighted by molar-refractivity contribution is 0.102. The third-order valence-electron chi connectivity index (χ3n) is 3.31. The maximum Gasteiger partial charge on any atom is 0.275 e. The predicted octanol–water partition coefficient (Wildman–Crippen LogP) is 3.09. The van der Waals surface area contributed by atoms with Crippen LogP contribution in [0.1, 0.15) is 37.2 Å². The minimum Gasteiger partial charge on any atom is -0.489 e. The number of nitrogens with one attached hydrogen (secondary N) is 2. The zero-order valence-corrected chi connectivity index (χ0v) is 13.2. The van der Waals surface area contributed by atoms with Crippen LogP contribution in [0.25, 0.3) is 0 Å². The van der Waals surface area contributed by atoms with E-state index in [-0.39, 0.29) is 17.7 Å². The molecule has 2 aromatic rings. The molecule has 23 heavy (non-hydrogen) atoms. The Morgan fingerprint density at radius 3 is 2.65 bits per heavy atom. The summed E-state index contributed by atoms with van der Waals surface area (Å²) in [6.07, 6.45) is 5.42. The summed E-state index contributed by atoms with van der Waals surface area (Å²) >= 11 is 0. The number of anilines is 2. The van der Waals surface area contributed by atoms with Crippen LogP contribution in [-0.4, -0.2) is 28.0 Å². The number of nitrogens with zero attached hydrogens (tertiary/aromatic N) is 2. The summed E-state index contributed by atoms with van der Waals surface area (Å²) in [6, 6.07) is 7.84. The molecule has 0 atom stereocenters. The molecule has 0 unspecified atom stereocenters. The van der Waals surface area contributed by atoms with Crippen molar-refractivity contribution in [3.05, 3.63) is 42.4 Å². The van der Waals surface area contributed by atoms with Gasteiger partial charge in [-0.2, -0.15) is 0 Å². The van der Waals surface area contributed by atoms with Crippen molar-refractivity contribution in [2.75, 3.05) is 10.6 Å². The Hall–Kier alpha value is -2.63. The van der Waals surface area contributed by atoms with E-state index >= 15 is 0 Å². The van der Waals surface area contributed by atoms with Gasteiger partial charge in [-0.1, -0.05) is 12.1 Å². The molecule has 1 aromatic heterocycles. The van der Waals surface area contributed by atoms with Gasteiger partial charge in [0.1, 0.15) is 17.3 Å². The fourth-order valence-corrected chi connectivity index (χ4v) is 2.07. The van der Waals surface area contributed by atoms with Gasteiger partial charge in [-0.25, -0.2) is 9.97 Å². The van der Waals surface area contributed by atoms with Crippen LogP contribution in [-0.2, 0) is 0 Å². The number of carbonyl (C=O) groups is 1. The van der Waals surface area contributed by atoms with Gasteiger partial charge in [0.2, 0.25) is 0 Å². The second-order valence-electron chi connectivity index (χ2n) is 5.82. The summed E-state index contributed by atoms with van der Waals surface area (Å²) < 4.78 is 5.69. The number of hydrogen-bond donors (Lipinski definition) is 2. The fraction of sp³-hybridized carbons (Fsp3) is 0.353. The summed E-state index contributed by atoms with van der Waals surface area (Å²) in [5.41, 5.74) is 0.888. The zero-order chi connectivity index (χ0) is 16.2. The summed E-state index contributed by atoms with van der Waals surface area (Å²) in [7, 11) is 0. The fourth-order valence-electron chi connectivity index (χ4n) is 2.07. The quantitative estimate of drug-likeness (QED) is 0.857. The van der Waals surface area contributed by atoms with Gasteiger partial charge in [-0.05, 0) is 38.8 Å². The molecule has 1 aliphatic carbocycles. The van der Waals surface area contributed by atoms with Gasteiger partial charge in [-0.15, -0.1) is 0 Å². The van der Waals surface area contributed by atoms with Gasteiger partial charge in [0.15, 0.2) is 0 Å². The highest BCUT2D eigenvalue weighted by molar-refractivity contribution is 6.03. The van der Waals surface area contributed by atoms with Gasteiger partial charge in [0, 0.05) is 6.04 Å². The highest BCUT2D eigenvalue weighted by Crippen LogP contribution is 2.25. The number of carbonyl (C=O) groups excluding carboxylic acids is 1. The summed E-state index contributed by atoms with van der Waals surface area (Å²) in [6.45, 7) is 3.88. The first-order valence-corrected chi connectivity index (χ1v) is 7.77. The summed E-state index contributed by atoms with van der Waals surface area (Å²) in [5.74, 6) is 1.03. The van der Waals surface area contributed by atoms with E-state index in [9.17, 15) is 4.79 Å². The van der Waals surface area contributed by atoms with Crippen LogP contribution in [0.15, 0.2) is 36.7 Å². The van der Waals surface area contributed by atoms with Crippen LogP contribution in [0.2, 0.25) is 0 Å². The van der Waals surface area contributed by atoms with Crippen LogP contribution in [0, 0.1) is 0 Å². The summed E-state index contributed by atoms with van der Waals surface area (Å²) in [5, 5.41) is 6.05. The molecule has 1 saturated carbocycles. The van der Waals surface area contributed by atoms with E-state index in [0.717, 1.165) is 12.8 Å². The molecule has 0 saturated heterocycles. The van der Waals surface area contributed by atoms with Gasteiger partial charge in [0.05, 0.1) is 24.2 Å². The van der Waals surface area contributed by atoms with E-state index in [1.165, 1.54) is 6.20 Å². The lowest BCUT2D eigenvalue weighted by Crippen LogP contribution is -2.16. The predicted molar refractivity (Wildman–Crippen MR) is 88.8 cm³/mol. The van der Waals surface area contributed by atoms with Gasteiger partial charge < -0.3 is 15.4 Å². The molecule has 2 N–H and O–H groups in total. The maximum atomic E-state index is 12.3. The first-order chi connectivity index (χ1) is 11.1.